The Morgan fingerprint density at radius 3 is 2.35 bits per heavy atom. The van der Waals surface area contributed by atoms with Gasteiger partial charge in [0.1, 0.15) is 0 Å². The predicted molar refractivity (Wildman–Crippen MR) is 108 cm³/mol. The lowest BCUT2D eigenvalue weighted by atomic mass is 9.83. The fraction of sp³-hybridized carbons (Fsp3) is 0.650. The number of nitrogens with zero attached hydrogens (tertiary/aromatic N) is 1. The molecule has 0 bridgehead atoms. The van der Waals surface area contributed by atoms with Crippen molar-refractivity contribution >= 4 is 15.8 Å². The molecule has 2 rings (SSSR count). The summed E-state index contributed by atoms with van der Waals surface area (Å²) in [5, 5.41) is 6.91. The van der Waals surface area contributed by atoms with Crippen molar-refractivity contribution in [1.29, 1.82) is 0 Å². The lowest BCUT2D eigenvalue weighted by Crippen LogP contribution is -2.45. The molecule has 0 aromatic heterocycles. The fourth-order valence-corrected chi connectivity index (χ4v) is 4.25. The Hall–Kier alpha value is -1.56. The van der Waals surface area contributed by atoms with Crippen molar-refractivity contribution in [2.24, 2.45) is 10.9 Å². The van der Waals surface area contributed by atoms with E-state index in [-0.39, 0.29) is 0 Å². The Morgan fingerprint density at radius 1 is 1.15 bits per heavy atom. The van der Waals surface area contributed by atoms with Gasteiger partial charge in [0.15, 0.2) is 15.8 Å². The minimum atomic E-state index is -3.13. The minimum Gasteiger partial charge on any atom is -0.356 e. The van der Waals surface area contributed by atoms with Crippen LogP contribution < -0.4 is 10.6 Å². The van der Waals surface area contributed by atoms with Gasteiger partial charge < -0.3 is 10.6 Å². The highest BCUT2D eigenvalue weighted by molar-refractivity contribution is 7.90. The molecule has 1 saturated carbocycles. The second-order valence-corrected chi connectivity index (χ2v) is 9.33. The van der Waals surface area contributed by atoms with Crippen LogP contribution in [-0.4, -0.2) is 40.3 Å². The van der Waals surface area contributed by atoms with Crippen LogP contribution in [0.15, 0.2) is 34.2 Å². The van der Waals surface area contributed by atoms with Crippen molar-refractivity contribution in [3.05, 3.63) is 29.8 Å². The Balaban J connectivity index is 1.74. The van der Waals surface area contributed by atoms with Crippen LogP contribution in [0.3, 0.4) is 0 Å². The first-order chi connectivity index (χ1) is 12.4. The summed E-state index contributed by atoms with van der Waals surface area (Å²) < 4.78 is 23.0. The topological polar surface area (TPSA) is 70.6 Å². The first-order valence-corrected chi connectivity index (χ1v) is 11.6. The van der Waals surface area contributed by atoms with Gasteiger partial charge in [-0.05, 0) is 55.7 Å². The summed E-state index contributed by atoms with van der Waals surface area (Å²) in [5.41, 5.74) is 1.11. The minimum absolute atomic E-state index is 0.366. The smallest absolute Gasteiger partial charge is 0.191 e. The third kappa shape index (κ3) is 6.63. The Kier molecular flexibility index (Phi) is 7.94. The maximum atomic E-state index is 11.5. The largest absolute Gasteiger partial charge is 0.356 e. The average Bonchev–Trinajstić information content (AvgIpc) is 2.62. The van der Waals surface area contributed by atoms with Crippen molar-refractivity contribution in [3.8, 4) is 0 Å². The standard InChI is InChI=1S/C20H33N3O2S/c1-4-5-16-6-10-18(11-7-16)23-20(21-2)22-15-14-17-8-12-19(13-9-17)26(3,24)25/h8-9,12-13,16,18H,4-7,10-11,14-15H2,1-3H3,(H2,21,22,23). The van der Waals surface area contributed by atoms with Gasteiger partial charge in [-0.25, -0.2) is 8.42 Å². The van der Waals surface area contributed by atoms with E-state index in [1.807, 2.05) is 12.1 Å². The molecule has 1 aromatic carbocycles. The average molecular weight is 380 g/mol. The van der Waals surface area contributed by atoms with Gasteiger partial charge in [-0.2, -0.15) is 0 Å². The van der Waals surface area contributed by atoms with E-state index in [9.17, 15) is 8.42 Å². The van der Waals surface area contributed by atoms with Crippen LogP contribution in [0.4, 0.5) is 0 Å². The molecule has 0 spiro atoms. The first kappa shape index (κ1) is 20.7. The summed E-state index contributed by atoms with van der Waals surface area (Å²) >= 11 is 0. The first-order valence-electron chi connectivity index (χ1n) is 9.68. The molecule has 1 aromatic rings. The molecular formula is C20H33N3O2S. The van der Waals surface area contributed by atoms with Crippen molar-refractivity contribution in [2.45, 2.75) is 62.8 Å². The molecule has 0 atom stereocenters. The van der Waals surface area contributed by atoms with Gasteiger partial charge in [-0.3, -0.25) is 4.99 Å². The molecule has 26 heavy (non-hydrogen) atoms. The van der Waals surface area contributed by atoms with Crippen molar-refractivity contribution in [1.82, 2.24) is 10.6 Å². The SMILES string of the molecule is CCCC1CCC(NC(=NC)NCCc2ccc(S(C)(=O)=O)cc2)CC1. The highest BCUT2D eigenvalue weighted by atomic mass is 32.2. The molecule has 0 aliphatic heterocycles. The lowest BCUT2D eigenvalue weighted by Gasteiger charge is -2.30. The monoisotopic (exact) mass is 379 g/mol. The Bertz CT molecular complexity index is 676. The van der Waals surface area contributed by atoms with Crippen LogP contribution >= 0.6 is 0 Å². The number of benzene rings is 1. The van der Waals surface area contributed by atoms with Crippen molar-refractivity contribution < 1.29 is 8.42 Å². The number of guanidine groups is 1. The third-order valence-electron chi connectivity index (χ3n) is 5.17. The van der Waals surface area contributed by atoms with Gasteiger partial charge >= 0.3 is 0 Å². The van der Waals surface area contributed by atoms with Gasteiger partial charge in [0, 0.05) is 25.9 Å². The van der Waals surface area contributed by atoms with Gasteiger partial charge in [0.05, 0.1) is 4.90 Å². The number of hydrogen-bond donors (Lipinski definition) is 2. The number of hydrogen-bond acceptors (Lipinski definition) is 3. The molecule has 1 aliphatic carbocycles. The molecule has 0 amide bonds. The van der Waals surface area contributed by atoms with Crippen LogP contribution in [0.1, 0.15) is 51.0 Å². The zero-order valence-corrected chi connectivity index (χ0v) is 17.1. The van der Waals surface area contributed by atoms with Gasteiger partial charge in [0.2, 0.25) is 0 Å². The number of aliphatic imine (C=N–C) groups is 1. The van der Waals surface area contributed by atoms with E-state index in [0.29, 0.717) is 10.9 Å². The molecule has 146 valence electrons. The maximum Gasteiger partial charge on any atom is 0.191 e. The van der Waals surface area contributed by atoms with E-state index in [2.05, 4.69) is 22.5 Å². The van der Waals surface area contributed by atoms with Gasteiger partial charge in [-0.15, -0.1) is 0 Å². The Morgan fingerprint density at radius 2 is 1.81 bits per heavy atom. The summed E-state index contributed by atoms with van der Waals surface area (Å²) in [6.45, 7) is 3.04. The van der Waals surface area contributed by atoms with Crippen LogP contribution in [0.5, 0.6) is 0 Å². The molecule has 6 heteroatoms. The van der Waals surface area contributed by atoms with E-state index in [1.54, 1.807) is 19.2 Å². The summed E-state index contributed by atoms with van der Waals surface area (Å²) in [7, 11) is -1.32. The second kappa shape index (κ2) is 9.95. The van der Waals surface area contributed by atoms with Crippen LogP contribution in [0, 0.1) is 5.92 Å². The van der Waals surface area contributed by atoms with E-state index < -0.39 is 9.84 Å². The Labute approximate surface area is 158 Å². The summed E-state index contributed by atoms with van der Waals surface area (Å²) in [4.78, 5) is 4.70. The van der Waals surface area contributed by atoms with Crippen LogP contribution in [0.25, 0.3) is 0 Å². The molecule has 0 radical (unpaired) electrons. The molecule has 2 N–H and O–H groups in total. The van der Waals surface area contributed by atoms with E-state index in [1.165, 1.54) is 44.8 Å². The van der Waals surface area contributed by atoms with Gasteiger partial charge in [0.25, 0.3) is 0 Å². The highest BCUT2D eigenvalue weighted by Crippen LogP contribution is 2.27. The summed E-state index contributed by atoms with van der Waals surface area (Å²) in [6, 6.07) is 7.62. The zero-order valence-electron chi connectivity index (χ0n) is 16.3. The summed E-state index contributed by atoms with van der Waals surface area (Å²) in [6.07, 6.45) is 9.78. The number of sulfone groups is 1. The fourth-order valence-electron chi connectivity index (χ4n) is 3.62. The molecule has 1 fully saturated rings. The maximum absolute atomic E-state index is 11.5. The van der Waals surface area contributed by atoms with E-state index >= 15 is 0 Å². The molecule has 0 unspecified atom stereocenters. The van der Waals surface area contributed by atoms with E-state index in [4.69, 9.17) is 0 Å². The third-order valence-corrected chi connectivity index (χ3v) is 6.29. The molecular weight excluding hydrogens is 346 g/mol. The second-order valence-electron chi connectivity index (χ2n) is 7.32. The molecule has 5 nitrogen and oxygen atoms in total. The number of nitrogens with one attached hydrogen (secondary N) is 2. The quantitative estimate of drug-likeness (QED) is 0.564. The zero-order chi connectivity index (χ0) is 19.0. The van der Waals surface area contributed by atoms with E-state index in [0.717, 1.165) is 30.4 Å². The van der Waals surface area contributed by atoms with Gasteiger partial charge in [-0.1, -0.05) is 31.9 Å². The van der Waals surface area contributed by atoms with Crippen molar-refractivity contribution in [3.63, 3.8) is 0 Å². The van der Waals surface area contributed by atoms with Crippen LogP contribution in [-0.2, 0) is 16.3 Å². The predicted octanol–water partition coefficient (Wildman–Crippen LogP) is 3.16. The molecule has 0 saturated heterocycles. The number of rotatable bonds is 7. The molecule has 0 heterocycles. The normalized spacial score (nSPS) is 21.4. The molecule has 1 aliphatic rings. The highest BCUT2D eigenvalue weighted by Gasteiger charge is 2.21. The summed E-state index contributed by atoms with van der Waals surface area (Å²) in [5.74, 6) is 1.76. The van der Waals surface area contributed by atoms with Crippen molar-refractivity contribution in [2.75, 3.05) is 19.8 Å². The lowest BCUT2D eigenvalue weighted by molar-refractivity contribution is 0.295. The van der Waals surface area contributed by atoms with Crippen LogP contribution in [0.2, 0.25) is 0 Å².